The lowest BCUT2D eigenvalue weighted by Crippen LogP contribution is -2.70. The van der Waals surface area contributed by atoms with Crippen LogP contribution in [-0.2, 0) is 19.1 Å². The first-order valence-corrected chi connectivity index (χ1v) is 22.4. The van der Waals surface area contributed by atoms with Gasteiger partial charge in [-0.25, -0.2) is 0 Å². The predicted octanol–water partition coefficient (Wildman–Crippen LogP) is 7.85. The molecule has 2 aromatic carbocycles. The van der Waals surface area contributed by atoms with Crippen molar-refractivity contribution in [3.05, 3.63) is 82.4 Å². The van der Waals surface area contributed by atoms with E-state index in [1.165, 1.54) is 25.0 Å². The number of fused-ring (bicyclic) bond motifs is 2. The van der Waals surface area contributed by atoms with Gasteiger partial charge in [0.2, 0.25) is 11.7 Å². The normalized spacial score (nSPS) is 25.0. The van der Waals surface area contributed by atoms with Crippen molar-refractivity contribution < 1.29 is 48.8 Å². The average Bonchev–Trinajstić information content (AvgIpc) is 3.80. The summed E-state index contributed by atoms with van der Waals surface area (Å²) < 4.78 is 26.5. The number of oxime groups is 1. The second-order valence-electron chi connectivity index (χ2n) is 16.7. The molecule has 0 aromatic heterocycles. The molecule has 0 spiro atoms. The predicted molar refractivity (Wildman–Crippen MR) is 231 cm³/mol. The summed E-state index contributed by atoms with van der Waals surface area (Å²) in [5.41, 5.74) is 2.43. The fraction of sp³-hybridized carbons (Fsp3) is 0.617. The number of hydrogen-bond donors (Lipinski definition) is 3. The minimum atomic E-state index is -1.42. The smallest absolute Gasteiger partial charge is 0.273 e. The summed E-state index contributed by atoms with van der Waals surface area (Å²) in [6.45, 7) is 6.96. The zero-order valence-corrected chi connectivity index (χ0v) is 35.7. The first-order valence-electron chi connectivity index (χ1n) is 22.4. The highest BCUT2D eigenvalue weighted by molar-refractivity contribution is 6.03. The van der Waals surface area contributed by atoms with E-state index < -0.39 is 22.7 Å². The first kappa shape index (κ1) is 46.2. The van der Waals surface area contributed by atoms with Gasteiger partial charge < -0.3 is 44.0 Å². The van der Waals surface area contributed by atoms with E-state index in [1.54, 1.807) is 24.3 Å². The zero-order valence-electron chi connectivity index (χ0n) is 35.7. The Morgan fingerprint density at radius 2 is 1.79 bits per heavy atom. The number of carbonyl (C=O) groups is 1. The van der Waals surface area contributed by atoms with Crippen LogP contribution in [0.15, 0.2) is 71.9 Å². The molecule has 1 aliphatic heterocycles. The number of unbranched alkanes of at least 4 members (excludes halogenated alkanes) is 2. The highest BCUT2D eigenvalue weighted by atomic mass is 16.7. The van der Waals surface area contributed by atoms with Crippen molar-refractivity contribution in [3.63, 3.8) is 0 Å². The lowest BCUT2D eigenvalue weighted by atomic mass is 9.55. The molecule has 0 bridgehead atoms. The molecule has 0 saturated heterocycles. The molecule has 3 N–H and O–H groups in total. The minimum Gasteiger partial charge on any atom is -0.459 e. The molecule has 1 amide bonds. The maximum absolute atomic E-state index is 14.8. The molecule has 14 heteroatoms. The second kappa shape index (κ2) is 22.7. The summed E-state index contributed by atoms with van der Waals surface area (Å²) in [4.78, 5) is 33.7. The van der Waals surface area contributed by atoms with Crippen molar-refractivity contribution in [2.75, 3.05) is 52.8 Å². The molecule has 3 aliphatic carbocycles. The maximum atomic E-state index is 14.8. The van der Waals surface area contributed by atoms with Gasteiger partial charge >= 0.3 is 0 Å². The van der Waals surface area contributed by atoms with Crippen molar-refractivity contribution in [2.45, 2.75) is 108 Å². The number of carbonyl (C=O) groups excluding carboxylic acids is 1. The number of nitro groups is 1. The summed E-state index contributed by atoms with van der Waals surface area (Å²) in [6.07, 6.45) is 14.4. The van der Waals surface area contributed by atoms with Gasteiger partial charge in [0.15, 0.2) is 0 Å². The molecule has 61 heavy (non-hydrogen) atoms. The Morgan fingerprint density at radius 1 is 1.02 bits per heavy atom. The van der Waals surface area contributed by atoms with Crippen molar-refractivity contribution in [3.8, 4) is 17.2 Å². The van der Waals surface area contributed by atoms with Crippen LogP contribution < -0.4 is 9.47 Å². The average molecular weight is 848 g/mol. The van der Waals surface area contributed by atoms with E-state index in [1.807, 2.05) is 24.0 Å². The molecular formula is C47H65N3O11. The second-order valence-corrected chi connectivity index (χ2v) is 16.7. The number of rotatable bonds is 25. The SMILES string of the molecule is C=CCOC12Oc3ccc(Oc4cccc([N+](=O)[O-])c4)cc3C3C(CCCCO)C(CCCCO)C=C(C(=NOCC)CC1N(CCOCCO)C(=O)CCC1CCCC1)C32. The van der Waals surface area contributed by atoms with E-state index in [0.717, 1.165) is 56.1 Å². The molecule has 2 aromatic rings. The van der Waals surface area contributed by atoms with Crippen molar-refractivity contribution >= 4 is 17.3 Å². The van der Waals surface area contributed by atoms with Gasteiger partial charge in [-0.15, -0.1) is 6.58 Å². The Balaban J connectivity index is 1.54. The number of ether oxygens (including phenoxy) is 4. The number of aliphatic hydroxyl groups is 3. The molecule has 6 rings (SSSR count). The number of aliphatic hydroxyl groups excluding tert-OH is 3. The molecule has 14 nitrogen and oxygen atoms in total. The van der Waals surface area contributed by atoms with Crippen LogP contribution in [0.3, 0.4) is 0 Å². The van der Waals surface area contributed by atoms with Gasteiger partial charge in [0.05, 0.1) is 49.0 Å². The van der Waals surface area contributed by atoms with Crippen LogP contribution in [-0.4, -0.2) is 101 Å². The van der Waals surface area contributed by atoms with E-state index in [0.29, 0.717) is 54.7 Å². The fourth-order valence-electron chi connectivity index (χ4n) is 10.2. The van der Waals surface area contributed by atoms with E-state index in [9.17, 15) is 30.2 Å². The molecule has 2 saturated carbocycles. The van der Waals surface area contributed by atoms with E-state index in [4.69, 9.17) is 28.9 Å². The Morgan fingerprint density at radius 3 is 2.51 bits per heavy atom. The summed E-state index contributed by atoms with van der Waals surface area (Å²) in [5.74, 6) is -0.292. The standard InChI is InChI=1S/C47H65N3O11/c1-3-26-58-47-43(49(22-27-57-28-25-53)44(54)21-18-33-12-5-6-13-33)32-41(48-59-4-2)39-29-34(14-7-9-23-51)38(17-8-10-24-52)45(46(39)47)40-31-37(19-20-42(40)61-47)60-36-16-11-15-35(30-36)50(55)56/h3,11,15-16,19-20,29-31,33-34,38,43,45-46,51-53H,1,4-10,12-14,17-18,21-28,32H2,2H3. The van der Waals surface area contributed by atoms with Gasteiger partial charge in [-0.2, -0.15) is 0 Å². The number of hydrogen-bond acceptors (Lipinski definition) is 12. The van der Waals surface area contributed by atoms with Crippen molar-refractivity contribution in [2.24, 2.45) is 28.8 Å². The van der Waals surface area contributed by atoms with Gasteiger partial charge in [0.1, 0.15) is 29.9 Å². The molecule has 4 aliphatic rings. The highest BCUT2D eigenvalue weighted by Gasteiger charge is 2.65. The van der Waals surface area contributed by atoms with Gasteiger partial charge in [0.25, 0.3) is 5.69 Å². The Labute approximate surface area is 359 Å². The zero-order chi connectivity index (χ0) is 43.2. The monoisotopic (exact) mass is 847 g/mol. The third-order valence-electron chi connectivity index (χ3n) is 12.9. The molecule has 2 fully saturated rings. The lowest BCUT2D eigenvalue weighted by molar-refractivity contribution is -0.384. The van der Waals surface area contributed by atoms with Crippen LogP contribution in [0.25, 0.3) is 0 Å². The van der Waals surface area contributed by atoms with Crippen molar-refractivity contribution in [1.82, 2.24) is 4.90 Å². The van der Waals surface area contributed by atoms with Crippen LogP contribution >= 0.6 is 0 Å². The Kier molecular flexibility index (Phi) is 17.2. The summed E-state index contributed by atoms with van der Waals surface area (Å²) in [5, 5.41) is 45.8. The largest absolute Gasteiger partial charge is 0.459 e. The number of amides is 1. The van der Waals surface area contributed by atoms with Crippen LogP contribution in [0, 0.1) is 33.8 Å². The van der Waals surface area contributed by atoms with Crippen LogP contribution in [0.4, 0.5) is 5.69 Å². The third kappa shape index (κ3) is 11.0. The number of allylic oxidation sites excluding steroid dienone is 1. The Hall–Kier alpha value is -4.34. The van der Waals surface area contributed by atoms with Gasteiger partial charge in [-0.05, 0) is 86.6 Å². The third-order valence-corrected chi connectivity index (χ3v) is 12.9. The molecular weight excluding hydrogens is 783 g/mol. The van der Waals surface area contributed by atoms with E-state index in [-0.39, 0.29) is 82.0 Å². The number of benzene rings is 2. The lowest BCUT2D eigenvalue weighted by Gasteiger charge is -2.60. The molecule has 0 radical (unpaired) electrons. The molecule has 6 unspecified atom stereocenters. The molecule has 334 valence electrons. The van der Waals surface area contributed by atoms with E-state index >= 15 is 0 Å². The first-order chi connectivity index (χ1) is 29.8. The van der Waals surface area contributed by atoms with Crippen LogP contribution in [0.1, 0.15) is 102 Å². The van der Waals surface area contributed by atoms with Gasteiger partial charge in [0, 0.05) is 50.1 Å². The molecule has 6 atom stereocenters. The maximum Gasteiger partial charge on any atom is 0.273 e. The highest BCUT2D eigenvalue weighted by Crippen LogP contribution is 2.62. The number of nitrogens with zero attached hydrogens (tertiary/aromatic N) is 3. The van der Waals surface area contributed by atoms with Gasteiger partial charge in [-0.3, -0.25) is 14.9 Å². The Bertz CT molecular complexity index is 1830. The van der Waals surface area contributed by atoms with E-state index in [2.05, 4.69) is 12.7 Å². The van der Waals surface area contributed by atoms with Crippen LogP contribution in [0.5, 0.6) is 17.2 Å². The van der Waals surface area contributed by atoms with Crippen molar-refractivity contribution in [1.29, 1.82) is 0 Å². The molecule has 1 heterocycles. The number of nitro benzene ring substituents is 1. The minimum absolute atomic E-state index is 0.00732. The summed E-state index contributed by atoms with van der Waals surface area (Å²) in [7, 11) is 0. The summed E-state index contributed by atoms with van der Waals surface area (Å²) >= 11 is 0. The summed E-state index contributed by atoms with van der Waals surface area (Å²) in [6, 6.07) is 11.0. The number of non-ortho nitro benzene ring substituents is 1. The fourth-order valence-corrected chi connectivity index (χ4v) is 10.2. The van der Waals surface area contributed by atoms with Gasteiger partial charge in [-0.1, -0.05) is 61.9 Å². The quantitative estimate of drug-likeness (QED) is 0.0383. The topological polar surface area (TPSA) is 183 Å². The van der Waals surface area contributed by atoms with Crippen LogP contribution in [0.2, 0.25) is 0 Å².